The third-order valence-electron chi connectivity index (χ3n) is 8.03. The largest absolute Gasteiger partial charge is 0.465 e. The maximum absolute atomic E-state index is 12.5. The maximum atomic E-state index is 12.5. The maximum Gasteiger partial charge on any atom is 0.320 e. The fourth-order valence-electron chi connectivity index (χ4n) is 6.64. The van der Waals surface area contributed by atoms with Crippen LogP contribution in [0.5, 0.6) is 0 Å². The lowest BCUT2D eigenvalue weighted by Gasteiger charge is -2.56. The molecule has 0 aromatic heterocycles. The molecule has 1 heterocycles. The molecule has 4 rings (SSSR count). The van der Waals surface area contributed by atoms with Gasteiger partial charge in [0.1, 0.15) is 0 Å². The molecule has 3 aromatic carbocycles. The van der Waals surface area contributed by atoms with Gasteiger partial charge in [0, 0.05) is 17.2 Å². The van der Waals surface area contributed by atoms with Gasteiger partial charge >= 0.3 is 5.97 Å². The summed E-state index contributed by atoms with van der Waals surface area (Å²) in [6.45, 7) is 11.6. The second-order valence-corrected chi connectivity index (χ2v) is 16.0. The van der Waals surface area contributed by atoms with Crippen LogP contribution in [0.4, 0.5) is 0 Å². The van der Waals surface area contributed by atoms with Crippen LogP contribution < -0.4 is 0 Å². The van der Waals surface area contributed by atoms with Crippen molar-refractivity contribution in [2.75, 3.05) is 13.2 Å². The number of carbonyl (C=O) groups is 1. The van der Waals surface area contributed by atoms with Crippen molar-refractivity contribution in [1.29, 1.82) is 0 Å². The first kappa shape index (κ1) is 29.3. The minimum atomic E-state index is -2.41. The molecule has 0 bridgehead atoms. The van der Waals surface area contributed by atoms with Crippen molar-refractivity contribution in [1.82, 2.24) is 4.90 Å². The van der Waals surface area contributed by atoms with Gasteiger partial charge in [-0.2, -0.15) is 0 Å². The number of hydrogen-bond donors (Lipinski definition) is 0. The summed E-state index contributed by atoms with van der Waals surface area (Å²) in [6.07, 6.45) is 1.86. The van der Waals surface area contributed by atoms with Crippen molar-refractivity contribution in [3.8, 4) is 0 Å². The number of benzene rings is 3. The van der Waals surface area contributed by atoms with Gasteiger partial charge in [0.05, 0.1) is 13.2 Å². The Bertz CT molecular complexity index is 1060. The van der Waals surface area contributed by atoms with Crippen molar-refractivity contribution in [3.63, 3.8) is 0 Å². The summed E-state index contributed by atoms with van der Waals surface area (Å²) in [6, 6.07) is 35.5. The van der Waals surface area contributed by atoms with E-state index >= 15 is 0 Å². The Kier molecular flexibility index (Phi) is 9.47. The van der Waals surface area contributed by atoms with Gasteiger partial charge < -0.3 is 9.16 Å². The zero-order chi connectivity index (χ0) is 27.9. The average Bonchev–Trinajstić information content (AvgIpc) is 2.88. The average molecular weight is 544 g/mol. The first-order valence-corrected chi connectivity index (χ1v) is 16.9. The van der Waals surface area contributed by atoms with Crippen LogP contribution in [0.1, 0.15) is 64.2 Å². The molecule has 0 spiro atoms. The zero-order valence-electron chi connectivity index (χ0n) is 24.4. The Balaban J connectivity index is 1.69. The zero-order valence-corrected chi connectivity index (χ0v) is 25.4. The quantitative estimate of drug-likeness (QED) is 0.195. The number of piperidine rings is 1. The van der Waals surface area contributed by atoms with Crippen LogP contribution in [0.25, 0.3) is 0 Å². The summed E-state index contributed by atoms with van der Waals surface area (Å²) >= 11 is 0. The Labute approximate surface area is 236 Å². The SMILES string of the molecule is CCOC(=O)CN1C(C)(C)CC(O[Si](Cc2ccccc2)(Cc2ccccc2)Cc2ccccc2)CC1(C)C. The number of esters is 1. The van der Waals surface area contributed by atoms with Crippen LogP contribution >= 0.6 is 0 Å². The van der Waals surface area contributed by atoms with Gasteiger partial charge in [-0.25, -0.2) is 0 Å². The topological polar surface area (TPSA) is 38.8 Å². The van der Waals surface area contributed by atoms with Gasteiger partial charge in [-0.05, 0) is 82.3 Å². The van der Waals surface area contributed by atoms with Crippen LogP contribution in [0.3, 0.4) is 0 Å². The molecule has 0 aliphatic carbocycles. The molecular weight excluding hydrogens is 498 g/mol. The summed E-state index contributed by atoms with van der Waals surface area (Å²) in [7, 11) is -2.41. The monoisotopic (exact) mass is 543 g/mol. The second-order valence-electron chi connectivity index (χ2n) is 12.3. The molecule has 0 amide bonds. The number of hydrogen-bond acceptors (Lipinski definition) is 4. The highest BCUT2D eigenvalue weighted by Gasteiger charge is 2.49. The fourth-order valence-corrected chi connectivity index (χ4v) is 11.1. The molecule has 1 aliphatic heterocycles. The summed E-state index contributed by atoms with van der Waals surface area (Å²) < 4.78 is 12.9. The van der Waals surface area contributed by atoms with Crippen LogP contribution in [0.2, 0.25) is 0 Å². The Hall–Kier alpha value is -2.73. The van der Waals surface area contributed by atoms with Crippen molar-refractivity contribution in [3.05, 3.63) is 108 Å². The highest BCUT2D eigenvalue weighted by atomic mass is 28.4. The van der Waals surface area contributed by atoms with E-state index in [1.54, 1.807) is 0 Å². The van der Waals surface area contributed by atoms with Gasteiger partial charge in [0.2, 0.25) is 8.32 Å². The summed E-state index contributed by atoms with van der Waals surface area (Å²) in [5.74, 6) is -0.154. The first-order valence-electron chi connectivity index (χ1n) is 14.3. The smallest absolute Gasteiger partial charge is 0.320 e. The predicted octanol–water partition coefficient (Wildman–Crippen LogP) is 6.88. The molecule has 0 unspecified atom stereocenters. The van der Waals surface area contributed by atoms with E-state index in [1.165, 1.54) is 16.7 Å². The number of carbonyl (C=O) groups excluding carboxylic acids is 1. The molecule has 1 aliphatic rings. The van der Waals surface area contributed by atoms with Crippen molar-refractivity contribution < 1.29 is 14.0 Å². The van der Waals surface area contributed by atoms with Gasteiger partial charge in [-0.15, -0.1) is 0 Å². The van der Waals surface area contributed by atoms with Crippen LogP contribution in [-0.4, -0.2) is 49.5 Å². The second kappa shape index (κ2) is 12.6. The predicted molar refractivity (Wildman–Crippen MR) is 162 cm³/mol. The number of nitrogens with zero attached hydrogens (tertiary/aromatic N) is 1. The van der Waals surface area contributed by atoms with Gasteiger partial charge in [0.15, 0.2) is 0 Å². The first-order chi connectivity index (χ1) is 18.6. The van der Waals surface area contributed by atoms with Gasteiger partial charge in [0.25, 0.3) is 0 Å². The molecule has 208 valence electrons. The highest BCUT2D eigenvalue weighted by Crippen LogP contribution is 2.41. The van der Waals surface area contributed by atoms with E-state index in [2.05, 4.69) is 124 Å². The lowest BCUT2D eigenvalue weighted by molar-refractivity contribution is -0.153. The molecule has 5 heteroatoms. The van der Waals surface area contributed by atoms with Crippen molar-refractivity contribution in [2.24, 2.45) is 0 Å². The highest BCUT2D eigenvalue weighted by molar-refractivity contribution is 6.72. The minimum Gasteiger partial charge on any atom is -0.465 e. The Morgan fingerprint density at radius 3 is 1.49 bits per heavy atom. The standard InChI is InChI=1S/C34H45NO3Si/c1-6-37-32(36)24-35-33(2,3)22-31(23-34(35,4)5)38-39(25-28-16-10-7-11-17-28,26-29-18-12-8-13-19-29)27-30-20-14-9-15-21-30/h7-21,31H,6,22-27H2,1-5H3. The molecule has 1 saturated heterocycles. The third-order valence-corrected chi connectivity index (χ3v) is 12.0. The molecule has 0 N–H and O–H groups in total. The molecule has 39 heavy (non-hydrogen) atoms. The fraction of sp³-hybridized carbons (Fsp3) is 0.441. The Morgan fingerprint density at radius 2 is 1.13 bits per heavy atom. The molecule has 4 nitrogen and oxygen atoms in total. The lowest BCUT2D eigenvalue weighted by atomic mass is 9.78. The molecule has 0 atom stereocenters. The van der Waals surface area contributed by atoms with E-state index in [4.69, 9.17) is 9.16 Å². The summed E-state index contributed by atoms with van der Waals surface area (Å²) in [5.41, 5.74) is 3.62. The van der Waals surface area contributed by atoms with E-state index in [0.29, 0.717) is 13.2 Å². The van der Waals surface area contributed by atoms with E-state index in [0.717, 1.165) is 31.0 Å². The van der Waals surface area contributed by atoms with Gasteiger partial charge in [-0.3, -0.25) is 9.69 Å². The number of ether oxygens (including phenoxy) is 1. The molecule has 3 aromatic rings. The third kappa shape index (κ3) is 7.90. The van der Waals surface area contributed by atoms with Crippen LogP contribution in [-0.2, 0) is 32.1 Å². The Morgan fingerprint density at radius 1 is 0.744 bits per heavy atom. The molecular formula is C34H45NO3Si. The minimum absolute atomic E-state index is 0.108. The van der Waals surface area contributed by atoms with E-state index in [-0.39, 0.29) is 23.2 Å². The molecule has 0 radical (unpaired) electrons. The normalized spacial score (nSPS) is 17.6. The number of rotatable bonds is 11. The summed E-state index contributed by atoms with van der Waals surface area (Å²) in [5, 5.41) is 0. The van der Waals surface area contributed by atoms with Crippen molar-refractivity contribution in [2.45, 2.75) is 82.8 Å². The number of likely N-dealkylation sites (tertiary alicyclic amines) is 1. The van der Waals surface area contributed by atoms with E-state index in [1.807, 2.05) is 6.92 Å². The van der Waals surface area contributed by atoms with Crippen molar-refractivity contribution >= 4 is 14.3 Å². The van der Waals surface area contributed by atoms with E-state index in [9.17, 15) is 4.79 Å². The van der Waals surface area contributed by atoms with Crippen LogP contribution in [0.15, 0.2) is 91.0 Å². The lowest BCUT2D eigenvalue weighted by Crippen LogP contribution is -2.65. The molecule has 0 saturated carbocycles. The van der Waals surface area contributed by atoms with Gasteiger partial charge in [-0.1, -0.05) is 91.0 Å². The summed E-state index contributed by atoms with van der Waals surface area (Å²) in [4.78, 5) is 14.8. The molecule has 1 fully saturated rings. The van der Waals surface area contributed by atoms with E-state index < -0.39 is 8.32 Å². The van der Waals surface area contributed by atoms with Crippen LogP contribution in [0, 0.1) is 0 Å².